The quantitative estimate of drug-likeness (QED) is 0.617. The molecule has 2 aromatic rings. The van der Waals surface area contributed by atoms with Crippen molar-refractivity contribution in [1.82, 2.24) is 10.2 Å². The van der Waals surface area contributed by atoms with Crippen molar-refractivity contribution < 1.29 is 14.3 Å². The Kier molecular flexibility index (Phi) is 7.97. The van der Waals surface area contributed by atoms with Crippen LogP contribution >= 0.6 is 11.6 Å². The number of amides is 2. The molecule has 1 heterocycles. The number of nitrogens with zero attached hydrogens (tertiary/aromatic N) is 1. The van der Waals surface area contributed by atoms with Crippen LogP contribution in [0.2, 0.25) is 5.02 Å². The molecule has 3 rings (SSSR count). The lowest BCUT2D eigenvalue weighted by Gasteiger charge is -2.32. The molecule has 5 nitrogen and oxygen atoms in total. The van der Waals surface area contributed by atoms with Crippen LogP contribution in [-0.4, -0.2) is 35.9 Å². The van der Waals surface area contributed by atoms with Gasteiger partial charge < -0.3 is 15.0 Å². The summed E-state index contributed by atoms with van der Waals surface area (Å²) in [5, 5.41) is 3.78. The minimum atomic E-state index is -0.637. The second kappa shape index (κ2) is 10.7. The molecule has 0 saturated heterocycles. The molecular weight excluding hydrogens is 424 g/mol. The molecule has 0 radical (unpaired) electrons. The second-order valence-corrected chi connectivity index (χ2v) is 9.02. The molecule has 0 aromatic heterocycles. The molecule has 32 heavy (non-hydrogen) atoms. The van der Waals surface area contributed by atoms with Gasteiger partial charge in [-0.05, 0) is 49.1 Å². The summed E-state index contributed by atoms with van der Waals surface area (Å²) in [4.78, 5) is 28.3. The molecule has 2 aromatic carbocycles. The molecule has 1 aliphatic heterocycles. The molecular formula is C26H31ClN2O3. The molecule has 3 atom stereocenters. The van der Waals surface area contributed by atoms with Crippen LogP contribution in [0.25, 0.3) is 0 Å². The summed E-state index contributed by atoms with van der Waals surface area (Å²) in [6.45, 7) is 5.86. The van der Waals surface area contributed by atoms with Gasteiger partial charge in [0.2, 0.25) is 5.91 Å². The Labute approximate surface area is 195 Å². The highest BCUT2D eigenvalue weighted by Gasteiger charge is 2.33. The molecule has 2 amide bonds. The predicted octanol–water partition coefficient (Wildman–Crippen LogP) is 5.41. The van der Waals surface area contributed by atoms with Gasteiger partial charge in [-0.25, -0.2) is 0 Å². The van der Waals surface area contributed by atoms with E-state index in [0.717, 1.165) is 5.56 Å². The van der Waals surface area contributed by atoms with Crippen molar-refractivity contribution in [3.05, 3.63) is 76.8 Å². The molecule has 1 N–H and O–H groups in total. The number of hydrogen-bond donors (Lipinski definition) is 1. The Morgan fingerprint density at radius 2 is 1.78 bits per heavy atom. The van der Waals surface area contributed by atoms with Crippen molar-refractivity contribution in [3.63, 3.8) is 0 Å². The van der Waals surface area contributed by atoms with Crippen molar-refractivity contribution in [3.8, 4) is 5.75 Å². The summed E-state index contributed by atoms with van der Waals surface area (Å²) in [7, 11) is 1.67. The highest BCUT2D eigenvalue weighted by atomic mass is 35.5. The smallest absolute Gasteiger partial charge is 0.258 e. The van der Waals surface area contributed by atoms with E-state index >= 15 is 0 Å². The zero-order valence-corrected chi connectivity index (χ0v) is 19.8. The lowest BCUT2D eigenvalue weighted by molar-refractivity contribution is -0.127. The van der Waals surface area contributed by atoms with Crippen LogP contribution in [-0.2, 0) is 4.79 Å². The Hall–Kier alpha value is -2.79. The largest absolute Gasteiger partial charge is 0.490 e. The van der Waals surface area contributed by atoms with Gasteiger partial charge in [-0.15, -0.1) is 0 Å². The van der Waals surface area contributed by atoms with Crippen molar-refractivity contribution in [1.29, 1.82) is 0 Å². The maximum atomic E-state index is 13.4. The number of carbonyl (C=O) groups excluding carboxylic acids is 2. The third-order valence-electron chi connectivity index (χ3n) is 5.66. The van der Waals surface area contributed by atoms with Crippen LogP contribution in [0, 0.1) is 5.92 Å². The van der Waals surface area contributed by atoms with Crippen LogP contribution in [0.4, 0.5) is 0 Å². The zero-order chi connectivity index (χ0) is 23.3. The molecule has 0 spiro atoms. The normalized spacial score (nSPS) is 23.7. The van der Waals surface area contributed by atoms with E-state index in [-0.39, 0.29) is 29.9 Å². The fourth-order valence-corrected chi connectivity index (χ4v) is 4.23. The minimum Gasteiger partial charge on any atom is -0.490 e. The third-order valence-corrected chi connectivity index (χ3v) is 5.89. The van der Waals surface area contributed by atoms with Gasteiger partial charge >= 0.3 is 0 Å². The first-order valence-corrected chi connectivity index (χ1v) is 11.4. The van der Waals surface area contributed by atoms with Crippen molar-refractivity contribution >= 4 is 23.4 Å². The number of ether oxygens (including phenoxy) is 1. The van der Waals surface area contributed by atoms with E-state index in [1.165, 1.54) is 4.90 Å². The predicted molar refractivity (Wildman–Crippen MR) is 128 cm³/mol. The first-order chi connectivity index (χ1) is 15.3. The number of hydrogen-bond acceptors (Lipinski definition) is 3. The molecule has 0 saturated carbocycles. The monoisotopic (exact) mass is 454 g/mol. The summed E-state index contributed by atoms with van der Waals surface area (Å²) < 4.78 is 6.09. The highest BCUT2D eigenvalue weighted by Crippen LogP contribution is 2.26. The highest BCUT2D eigenvalue weighted by molar-refractivity contribution is 6.30. The molecule has 0 unspecified atom stereocenters. The SMILES string of the molecule is CC(C)[C@H]1C(=O)N[C@@H](c2cccc(Cl)c2)C/C=C\C[C@@H](C)Oc2ccccc2C(=O)N1C. The van der Waals surface area contributed by atoms with E-state index in [4.69, 9.17) is 16.3 Å². The molecule has 1 aliphatic rings. The van der Waals surface area contributed by atoms with Gasteiger partial charge in [-0.2, -0.15) is 0 Å². The van der Waals surface area contributed by atoms with E-state index in [9.17, 15) is 9.59 Å². The van der Waals surface area contributed by atoms with Gasteiger partial charge in [-0.3, -0.25) is 9.59 Å². The summed E-state index contributed by atoms with van der Waals surface area (Å²) in [5.41, 5.74) is 1.38. The number of halogens is 1. The molecule has 170 valence electrons. The molecule has 0 aliphatic carbocycles. The number of likely N-dealkylation sites (N-methyl/N-ethyl adjacent to an activating group) is 1. The van der Waals surface area contributed by atoms with Crippen molar-refractivity contribution in [2.75, 3.05) is 7.05 Å². The van der Waals surface area contributed by atoms with E-state index in [2.05, 4.69) is 17.5 Å². The van der Waals surface area contributed by atoms with Gasteiger partial charge in [0.25, 0.3) is 5.91 Å². The summed E-state index contributed by atoms with van der Waals surface area (Å²) in [6, 6.07) is 13.8. The molecule has 0 fully saturated rings. The Balaban J connectivity index is 2.01. The number of fused-ring (bicyclic) bond motifs is 1. The van der Waals surface area contributed by atoms with Crippen LogP contribution in [0.5, 0.6) is 5.75 Å². The maximum Gasteiger partial charge on any atom is 0.258 e. The number of nitrogens with one attached hydrogen (secondary N) is 1. The third kappa shape index (κ3) is 5.71. The van der Waals surface area contributed by atoms with E-state index in [0.29, 0.717) is 29.2 Å². The maximum absolute atomic E-state index is 13.4. The van der Waals surface area contributed by atoms with Gasteiger partial charge in [0.15, 0.2) is 0 Å². The lowest BCUT2D eigenvalue weighted by atomic mass is 9.98. The van der Waals surface area contributed by atoms with Gasteiger partial charge in [0, 0.05) is 18.5 Å². The lowest BCUT2D eigenvalue weighted by Crippen LogP contribution is -2.51. The average molecular weight is 455 g/mol. The average Bonchev–Trinajstić information content (AvgIpc) is 2.75. The number of rotatable bonds is 2. The standard InChI is InChI=1S/C26H31ClN2O3/c1-17(2)24-25(30)28-22(19-11-9-12-20(27)16-19)14-7-5-10-18(3)32-23-15-8-6-13-21(23)26(31)29(24)4/h5-9,11-13,15-18,22,24H,10,14H2,1-4H3,(H,28,30)/b7-5-/t18-,22-,24+/m1/s1. The molecule has 0 bridgehead atoms. The Bertz CT molecular complexity index is 989. The van der Waals surface area contributed by atoms with Gasteiger partial charge in [-0.1, -0.05) is 61.9 Å². The van der Waals surface area contributed by atoms with Crippen LogP contribution in [0.15, 0.2) is 60.7 Å². The van der Waals surface area contributed by atoms with Crippen molar-refractivity contribution in [2.45, 2.75) is 51.8 Å². The Morgan fingerprint density at radius 3 is 2.50 bits per heavy atom. The summed E-state index contributed by atoms with van der Waals surface area (Å²) in [6.07, 6.45) is 5.30. The van der Waals surface area contributed by atoms with Gasteiger partial charge in [0.05, 0.1) is 17.7 Å². The van der Waals surface area contributed by atoms with Gasteiger partial charge in [0.1, 0.15) is 11.8 Å². The van der Waals surface area contributed by atoms with Crippen molar-refractivity contribution in [2.24, 2.45) is 5.92 Å². The first-order valence-electron chi connectivity index (χ1n) is 11.0. The van der Waals surface area contributed by atoms with Crippen LogP contribution < -0.4 is 10.1 Å². The van der Waals surface area contributed by atoms with E-state index in [1.807, 2.05) is 51.1 Å². The zero-order valence-electron chi connectivity index (χ0n) is 19.0. The van der Waals surface area contributed by atoms with E-state index in [1.54, 1.807) is 25.2 Å². The number of carbonyl (C=O) groups is 2. The first kappa shape index (κ1) is 23.9. The fourth-order valence-electron chi connectivity index (χ4n) is 4.03. The van der Waals surface area contributed by atoms with E-state index < -0.39 is 6.04 Å². The minimum absolute atomic E-state index is 0.0839. The second-order valence-electron chi connectivity index (χ2n) is 8.59. The van der Waals surface area contributed by atoms with Crippen LogP contribution in [0.1, 0.15) is 55.6 Å². The topological polar surface area (TPSA) is 58.6 Å². The number of benzene rings is 2. The fraction of sp³-hybridized carbons (Fsp3) is 0.385. The number of para-hydroxylation sites is 1. The molecule has 6 heteroatoms. The van der Waals surface area contributed by atoms with Crippen LogP contribution in [0.3, 0.4) is 0 Å². The Morgan fingerprint density at radius 1 is 1.06 bits per heavy atom. The summed E-state index contributed by atoms with van der Waals surface area (Å²) in [5.74, 6) is 0.00745. The summed E-state index contributed by atoms with van der Waals surface area (Å²) >= 11 is 6.21.